The third kappa shape index (κ3) is 5.31. The average molecular weight is 710 g/mol. The Kier molecular flexibility index (Phi) is 7.35. The van der Waals surface area contributed by atoms with Crippen molar-refractivity contribution in [2.24, 2.45) is 17.8 Å². The molecule has 0 radical (unpaired) electrons. The van der Waals surface area contributed by atoms with Crippen LogP contribution < -0.4 is 0 Å². The van der Waals surface area contributed by atoms with Gasteiger partial charge < -0.3 is 4.57 Å². The molecule has 12 rings (SSSR count). The van der Waals surface area contributed by atoms with Crippen molar-refractivity contribution < 1.29 is 0 Å². The molecule has 0 aliphatic heterocycles. The van der Waals surface area contributed by atoms with E-state index in [1.165, 1.54) is 55.0 Å². The average Bonchev–Trinajstić information content (AvgIpc) is 3.59. The molecule has 2 aromatic heterocycles. The fourth-order valence-corrected chi connectivity index (χ4v) is 10.9. The van der Waals surface area contributed by atoms with E-state index in [4.69, 9.17) is 21.5 Å². The minimum absolute atomic E-state index is 0.374. The maximum Gasteiger partial charge on any atom is 0.187 e. The fourth-order valence-electron chi connectivity index (χ4n) is 10.9. The van der Waals surface area contributed by atoms with E-state index in [1.54, 1.807) is 5.56 Å². The Morgan fingerprint density at radius 3 is 1.75 bits per heavy atom. The first-order valence-electron chi connectivity index (χ1n) is 19.6. The van der Waals surface area contributed by atoms with Gasteiger partial charge in [0.2, 0.25) is 0 Å². The van der Waals surface area contributed by atoms with E-state index >= 15 is 0 Å². The fraction of sp³-hybridized carbons (Fsp3) is 0.200. The van der Waals surface area contributed by atoms with Crippen LogP contribution in [0.25, 0.3) is 77.6 Å². The largest absolute Gasteiger partial charge is 0.308 e. The molecule has 4 saturated carbocycles. The number of hydrogen-bond donors (Lipinski definition) is 0. The standard InChI is InChI=1S/C50H39N5/c1-51-39-24-20-37(21-25-39)48-52-47(36-10-4-2-5-11-36)53-49(54-48)43-16-8-15-42-45-41(14-9-17-44(45)55(46(42)43)40-12-6-3-7-13-40)35-18-22-38(23-19-35)50-29-32-26-33(30-50)28-34(27-32)31-50/h2-25,32-34H,26-31H2. The van der Waals surface area contributed by atoms with Crippen molar-refractivity contribution in [2.45, 2.75) is 43.9 Å². The van der Waals surface area contributed by atoms with Crippen LogP contribution in [0.1, 0.15) is 44.1 Å². The summed E-state index contributed by atoms with van der Waals surface area (Å²) in [6, 6.07) is 51.1. The summed E-state index contributed by atoms with van der Waals surface area (Å²) in [6.45, 7) is 7.46. The van der Waals surface area contributed by atoms with Gasteiger partial charge in [-0.2, -0.15) is 0 Å². The first-order valence-corrected chi connectivity index (χ1v) is 19.6. The lowest BCUT2D eigenvalue weighted by molar-refractivity contribution is -0.00518. The number of fused-ring (bicyclic) bond motifs is 3. The van der Waals surface area contributed by atoms with Gasteiger partial charge in [0.05, 0.1) is 17.6 Å². The van der Waals surface area contributed by atoms with Crippen molar-refractivity contribution in [3.63, 3.8) is 0 Å². The molecule has 0 N–H and O–H groups in total. The van der Waals surface area contributed by atoms with Gasteiger partial charge in [0, 0.05) is 33.2 Å². The Morgan fingerprint density at radius 1 is 0.527 bits per heavy atom. The molecule has 5 heteroatoms. The highest BCUT2D eigenvalue weighted by Gasteiger charge is 2.51. The van der Waals surface area contributed by atoms with Crippen molar-refractivity contribution in [3.8, 4) is 51.0 Å². The molecule has 4 aliphatic carbocycles. The van der Waals surface area contributed by atoms with Crippen LogP contribution in [0.15, 0.2) is 146 Å². The molecule has 4 bridgehead atoms. The molecular weight excluding hydrogens is 671 g/mol. The van der Waals surface area contributed by atoms with Gasteiger partial charge in [-0.05, 0) is 103 Å². The molecule has 0 spiro atoms. The number of para-hydroxylation sites is 2. The van der Waals surface area contributed by atoms with Crippen LogP contribution in [0, 0.1) is 24.3 Å². The summed E-state index contributed by atoms with van der Waals surface area (Å²) in [5, 5.41) is 2.37. The minimum atomic E-state index is 0.374. The second-order valence-electron chi connectivity index (χ2n) is 16.2. The van der Waals surface area contributed by atoms with Crippen LogP contribution in [-0.4, -0.2) is 19.5 Å². The van der Waals surface area contributed by atoms with Gasteiger partial charge in [-0.1, -0.05) is 121 Å². The molecule has 4 aliphatic rings. The Bertz CT molecular complexity index is 2740. The summed E-state index contributed by atoms with van der Waals surface area (Å²) >= 11 is 0. The molecule has 8 aromatic rings. The van der Waals surface area contributed by atoms with Gasteiger partial charge in [0.15, 0.2) is 23.2 Å². The van der Waals surface area contributed by atoms with Crippen molar-refractivity contribution in [2.75, 3.05) is 0 Å². The van der Waals surface area contributed by atoms with Gasteiger partial charge in [-0.25, -0.2) is 19.8 Å². The van der Waals surface area contributed by atoms with E-state index in [0.717, 1.165) is 56.6 Å². The molecule has 0 unspecified atom stereocenters. The third-order valence-corrected chi connectivity index (χ3v) is 12.8. The molecular formula is C50H39N5. The Morgan fingerprint density at radius 2 is 1.09 bits per heavy atom. The molecule has 0 amide bonds. The number of hydrogen-bond acceptors (Lipinski definition) is 3. The van der Waals surface area contributed by atoms with E-state index in [2.05, 4.69) is 100 Å². The zero-order valence-corrected chi connectivity index (χ0v) is 30.6. The smallest absolute Gasteiger partial charge is 0.187 e. The molecule has 55 heavy (non-hydrogen) atoms. The lowest BCUT2D eigenvalue weighted by Gasteiger charge is -2.57. The maximum absolute atomic E-state index is 7.46. The molecule has 0 atom stereocenters. The second-order valence-corrected chi connectivity index (χ2v) is 16.2. The van der Waals surface area contributed by atoms with E-state index in [9.17, 15) is 0 Å². The summed E-state index contributed by atoms with van der Waals surface area (Å²) < 4.78 is 2.38. The first-order chi connectivity index (χ1) is 27.1. The molecule has 0 saturated heterocycles. The minimum Gasteiger partial charge on any atom is -0.308 e. The van der Waals surface area contributed by atoms with Crippen molar-refractivity contribution in [1.29, 1.82) is 0 Å². The highest BCUT2D eigenvalue weighted by atomic mass is 15.0. The quantitative estimate of drug-likeness (QED) is 0.162. The summed E-state index contributed by atoms with van der Waals surface area (Å²) in [5.74, 6) is 4.55. The number of rotatable bonds is 6. The number of benzene rings is 6. The van der Waals surface area contributed by atoms with Crippen LogP contribution in [0.4, 0.5) is 5.69 Å². The van der Waals surface area contributed by atoms with E-state index < -0.39 is 0 Å². The van der Waals surface area contributed by atoms with Crippen LogP contribution in [-0.2, 0) is 5.41 Å². The highest BCUT2D eigenvalue weighted by Crippen LogP contribution is 2.61. The zero-order chi connectivity index (χ0) is 36.5. The zero-order valence-electron chi connectivity index (χ0n) is 30.6. The summed E-state index contributed by atoms with van der Waals surface area (Å²) in [7, 11) is 0. The maximum atomic E-state index is 7.46. The van der Waals surface area contributed by atoms with Gasteiger partial charge in [0.25, 0.3) is 0 Å². The van der Waals surface area contributed by atoms with Crippen LogP contribution >= 0.6 is 0 Å². The lowest BCUT2D eigenvalue weighted by Crippen LogP contribution is -2.48. The predicted octanol–water partition coefficient (Wildman–Crippen LogP) is 12.7. The monoisotopic (exact) mass is 709 g/mol. The summed E-state index contributed by atoms with van der Waals surface area (Å²) in [6.07, 6.45) is 8.50. The summed E-state index contributed by atoms with van der Waals surface area (Å²) in [5.41, 5.74) is 10.9. The van der Waals surface area contributed by atoms with E-state index in [1.807, 2.05) is 54.6 Å². The normalized spacial score (nSPS) is 21.3. The van der Waals surface area contributed by atoms with E-state index in [0.29, 0.717) is 28.6 Å². The molecule has 6 aromatic carbocycles. The number of aromatic nitrogens is 4. The molecule has 5 nitrogen and oxygen atoms in total. The van der Waals surface area contributed by atoms with Crippen LogP contribution in [0.2, 0.25) is 0 Å². The SMILES string of the molecule is [C-]#[N+]c1ccc(-c2nc(-c3ccccc3)nc(-c3cccc4c5c(-c6ccc(C78CC9CC(CC(C9)C7)C8)cc6)cccc5n(-c5ccccc5)c34)n2)cc1. The molecule has 2 heterocycles. The van der Waals surface area contributed by atoms with Gasteiger partial charge >= 0.3 is 0 Å². The van der Waals surface area contributed by atoms with Crippen LogP contribution in [0.5, 0.6) is 0 Å². The van der Waals surface area contributed by atoms with E-state index in [-0.39, 0.29) is 0 Å². The van der Waals surface area contributed by atoms with Gasteiger partial charge in [-0.15, -0.1) is 0 Å². The Hall–Kier alpha value is -6.38. The van der Waals surface area contributed by atoms with Gasteiger partial charge in [-0.3, -0.25) is 0 Å². The van der Waals surface area contributed by atoms with Gasteiger partial charge in [0.1, 0.15) is 0 Å². The number of nitrogens with zero attached hydrogens (tertiary/aromatic N) is 5. The van der Waals surface area contributed by atoms with Crippen molar-refractivity contribution >= 4 is 27.5 Å². The summed E-state index contributed by atoms with van der Waals surface area (Å²) in [4.78, 5) is 18.9. The van der Waals surface area contributed by atoms with Crippen molar-refractivity contribution in [3.05, 3.63) is 163 Å². The molecule has 4 fully saturated rings. The predicted molar refractivity (Wildman–Crippen MR) is 222 cm³/mol. The first kappa shape index (κ1) is 32.1. The Balaban J connectivity index is 1.11. The van der Waals surface area contributed by atoms with Crippen LogP contribution in [0.3, 0.4) is 0 Å². The molecule has 264 valence electrons. The Labute approximate surface area is 321 Å². The lowest BCUT2D eigenvalue weighted by atomic mass is 9.48. The topological polar surface area (TPSA) is 48.0 Å². The second kappa shape index (κ2) is 12.6. The highest BCUT2D eigenvalue weighted by molar-refractivity contribution is 6.18. The third-order valence-electron chi connectivity index (χ3n) is 12.8. The van der Waals surface area contributed by atoms with Crippen molar-refractivity contribution in [1.82, 2.24) is 19.5 Å².